The fraction of sp³-hybridized carbons (Fsp3) is 0.385. The number of rotatable bonds is 3. The summed E-state index contributed by atoms with van der Waals surface area (Å²) in [5, 5.41) is 9.83. The lowest BCUT2D eigenvalue weighted by molar-refractivity contribution is -0.135. The highest BCUT2D eigenvalue weighted by Crippen LogP contribution is 2.47. The van der Waals surface area contributed by atoms with Crippen LogP contribution in [0.15, 0.2) is 42.5 Å². The molecule has 3 aliphatic rings. The van der Waals surface area contributed by atoms with Crippen LogP contribution in [0, 0.1) is 17.2 Å². The number of nitriles is 1. The van der Waals surface area contributed by atoms with Crippen molar-refractivity contribution in [1.29, 1.82) is 5.26 Å². The largest absolute Gasteiger partial charge is 0.339 e. The van der Waals surface area contributed by atoms with Crippen molar-refractivity contribution >= 4 is 46.7 Å². The topological polar surface area (TPSA) is 111 Å². The summed E-state index contributed by atoms with van der Waals surface area (Å²) in [6, 6.07) is 13.1. The fourth-order valence-corrected chi connectivity index (χ4v) is 6.39. The van der Waals surface area contributed by atoms with Gasteiger partial charge in [0.15, 0.2) is 0 Å². The Morgan fingerprint density at radius 2 is 1.78 bits per heavy atom. The van der Waals surface area contributed by atoms with E-state index in [9.17, 15) is 19.6 Å². The maximum atomic E-state index is 14.2. The number of urea groups is 1. The lowest BCUT2D eigenvalue weighted by Gasteiger charge is -2.33. The average molecular weight is 526 g/mol. The number of amides is 4. The number of benzene rings is 2. The molecule has 5 rings (SSSR count). The first kappa shape index (κ1) is 24.6. The van der Waals surface area contributed by atoms with Gasteiger partial charge in [-0.05, 0) is 55.2 Å². The first-order valence-corrected chi connectivity index (χ1v) is 12.5. The number of carbonyl (C=O) groups is 3. The summed E-state index contributed by atoms with van der Waals surface area (Å²) < 4.78 is 0. The molecule has 2 heterocycles. The van der Waals surface area contributed by atoms with Crippen molar-refractivity contribution in [1.82, 2.24) is 9.80 Å². The van der Waals surface area contributed by atoms with Crippen LogP contribution >= 0.6 is 23.2 Å². The van der Waals surface area contributed by atoms with E-state index in [1.807, 2.05) is 0 Å². The second-order valence-electron chi connectivity index (χ2n) is 9.81. The van der Waals surface area contributed by atoms with Crippen molar-refractivity contribution in [3.8, 4) is 6.07 Å². The summed E-state index contributed by atoms with van der Waals surface area (Å²) in [6.45, 7) is 0.331. The van der Waals surface area contributed by atoms with Crippen molar-refractivity contribution in [2.24, 2.45) is 11.7 Å². The Morgan fingerprint density at radius 3 is 2.36 bits per heavy atom. The number of halogens is 2. The molecule has 0 radical (unpaired) electrons. The SMILES string of the molecule is CN1C(=O)N(c2cc(Cl)cc(Cl)c2)C(=O)[C@]12CN(C(=O)C1CC[C@H](N)C1)C[C@H]2c1ccc(C#N)cc1. The van der Waals surface area contributed by atoms with Crippen molar-refractivity contribution in [2.45, 2.75) is 36.8 Å². The van der Waals surface area contributed by atoms with Gasteiger partial charge < -0.3 is 15.5 Å². The van der Waals surface area contributed by atoms with E-state index in [2.05, 4.69) is 6.07 Å². The lowest BCUT2D eigenvalue weighted by atomic mass is 9.80. The maximum Gasteiger partial charge on any atom is 0.332 e. The molecule has 1 saturated carbocycles. The number of likely N-dealkylation sites (N-methyl/N-ethyl adjacent to an activating group) is 1. The number of imide groups is 1. The molecule has 8 nitrogen and oxygen atoms in total. The zero-order chi connectivity index (χ0) is 25.8. The third kappa shape index (κ3) is 3.83. The zero-order valence-electron chi connectivity index (χ0n) is 19.7. The average Bonchev–Trinajstić information content (AvgIpc) is 3.51. The smallest absolute Gasteiger partial charge is 0.332 e. The minimum atomic E-state index is -1.32. The van der Waals surface area contributed by atoms with Gasteiger partial charge in [0.1, 0.15) is 5.54 Å². The molecule has 0 bridgehead atoms. The van der Waals surface area contributed by atoms with Gasteiger partial charge in [0.25, 0.3) is 5.91 Å². The molecule has 10 heteroatoms. The highest BCUT2D eigenvalue weighted by Gasteiger charge is 2.65. The summed E-state index contributed by atoms with van der Waals surface area (Å²) in [4.78, 5) is 45.5. The van der Waals surface area contributed by atoms with Gasteiger partial charge >= 0.3 is 6.03 Å². The zero-order valence-corrected chi connectivity index (χ0v) is 21.2. The van der Waals surface area contributed by atoms with E-state index < -0.39 is 23.4 Å². The van der Waals surface area contributed by atoms with Gasteiger partial charge in [-0.2, -0.15) is 5.26 Å². The molecule has 36 heavy (non-hydrogen) atoms. The van der Waals surface area contributed by atoms with E-state index >= 15 is 0 Å². The molecule has 0 aromatic heterocycles. The van der Waals surface area contributed by atoms with E-state index in [1.54, 1.807) is 36.2 Å². The van der Waals surface area contributed by atoms with Crippen LogP contribution < -0.4 is 10.6 Å². The van der Waals surface area contributed by atoms with Crippen LogP contribution in [0.25, 0.3) is 0 Å². The van der Waals surface area contributed by atoms with Crippen molar-refractivity contribution in [3.63, 3.8) is 0 Å². The molecule has 1 unspecified atom stereocenters. The molecule has 1 spiro atoms. The molecule has 3 fully saturated rings. The van der Waals surface area contributed by atoms with Gasteiger partial charge in [0.2, 0.25) is 5.91 Å². The summed E-state index contributed by atoms with van der Waals surface area (Å²) >= 11 is 12.4. The van der Waals surface area contributed by atoms with Crippen LogP contribution in [-0.4, -0.2) is 59.4 Å². The van der Waals surface area contributed by atoms with Gasteiger partial charge in [-0.15, -0.1) is 0 Å². The molecular formula is C26H25Cl2N5O3. The highest BCUT2D eigenvalue weighted by molar-refractivity contribution is 6.35. The fourth-order valence-electron chi connectivity index (χ4n) is 5.87. The molecule has 2 aromatic carbocycles. The van der Waals surface area contributed by atoms with E-state index in [0.717, 1.165) is 16.9 Å². The summed E-state index contributed by atoms with van der Waals surface area (Å²) in [6.07, 6.45) is 2.11. The first-order valence-electron chi connectivity index (χ1n) is 11.8. The maximum absolute atomic E-state index is 14.2. The van der Waals surface area contributed by atoms with Gasteiger partial charge in [-0.25, -0.2) is 9.69 Å². The predicted octanol–water partition coefficient (Wildman–Crippen LogP) is 3.76. The Morgan fingerprint density at radius 1 is 1.11 bits per heavy atom. The minimum Gasteiger partial charge on any atom is -0.339 e. The molecule has 2 aromatic rings. The molecule has 186 valence electrons. The van der Waals surface area contributed by atoms with Crippen LogP contribution in [0.5, 0.6) is 0 Å². The van der Waals surface area contributed by atoms with Crippen molar-refractivity contribution in [2.75, 3.05) is 25.0 Å². The summed E-state index contributed by atoms with van der Waals surface area (Å²) in [5.74, 6) is -1.18. The third-order valence-electron chi connectivity index (χ3n) is 7.74. The minimum absolute atomic E-state index is 0.00901. The van der Waals surface area contributed by atoms with Crippen molar-refractivity contribution in [3.05, 3.63) is 63.6 Å². The van der Waals surface area contributed by atoms with Gasteiger partial charge in [-0.3, -0.25) is 9.59 Å². The third-order valence-corrected chi connectivity index (χ3v) is 8.18. The quantitative estimate of drug-likeness (QED) is 0.613. The molecular weight excluding hydrogens is 501 g/mol. The standard InChI is InChI=1S/C26H25Cl2N5O3/c1-31-25(36)33(21-10-18(27)9-19(28)11-21)24(35)26(31)14-32(23(34)17-6-7-20(30)8-17)13-22(26)16-4-2-15(12-29)3-5-16/h2-5,9-11,17,20,22H,6-8,13-14,30H2,1H3/t17?,20-,22-,26+/m0/s1. The first-order chi connectivity index (χ1) is 17.1. The second kappa shape index (κ2) is 9.07. The number of likely N-dealkylation sites (tertiary alicyclic amines) is 1. The van der Waals surface area contributed by atoms with Crippen LogP contribution in [-0.2, 0) is 9.59 Å². The number of carbonyl (C=O) groups excluding carboxylic acids is 3. The van der Waals surface area contributed by atoms with Crippen LogP contribution in [0.3, 0.4) is 0 Å². The number of anilines is 1. The Bertz CT molecular complexity index is 1270. The molecule has 4 atom stereocenters. The number of nitrogens with zero attached hydrogens (tertiary/aromatic N) is 4. The summed E-state index contributed by atoms with van der Waals surface area (Å²) in [7, 11) is 1.59. The monoisotopic (exact) mass is 525 g/mol. The number of hydrogen-bond donors (Lipinski definition) is 1. The highest BCUT2D eigenvalue weighted by atomic mass is 35.5. The van der Waals surface area contributed by atoms with Crippen LogP contribution in [0.1, 0.15) is 36.3 Å². The predicted molar refractivity (Wildman–Crippen MR) is 136 cm³/mol. The van der Waals surface area contributed by atoms with E-state index in [-0.39, 0.29) is 36.6 Å². The normalized spacial score (nSPS) is 27.9. The molecule has 2 aliphatic heterocycles. The van der Waals surface area contributed by atoms with Crippen LogP contribution in [0.4, 0.5) is 10.5 Å². The summed E-state index contributed by atoms with van der Waals surface area (Å²) in [5.41, 5.74) is 6.26. The molecule has 4 amide bonds. The van der Waals surface area contributed by atoms with Gasteiger partial charge in [-0.1, -0.05) is 35.3 Å². The van der Waals surface area contributed by atoms with Crippen LogP contribution in [0.2, 0.25) is 10.0 Å². The van der Waals surface area contributed by atoms with Gasteiger partial charge in [0.05, 0.1) is 23.9 Å². The Labute approximate surface area is 219 Å². The molecule has 1 aliphatic carbocycles. The van der Waals surface area contributed by atoms with E-state index in [4.69, 9.17) is 28.9 Å². The van der Waals surface area contributed by atoms with E-state index in [1.165, 1.54) is 23.1 Å². The number of hydrogen-bond acceptors (Lipinski definition) is 5. The van der Waals surface area contributed by atoms with E-state index in [0.29, 0.717) is 28.5 Å². The van der Waals surface area contributed by atoms with Crippen molar-refractivity contribution < 1.29 is 14.4 Å². The van der Waals surface area contributed by atoms with Gasteiger partial charge in [0, 0.05) is 41.5 Å². The second-order valence-corrected chi connectivity index (χ2v) is 10.7. The molecule has 2 N–H and O–H groups in total. The molecule has 2 saturated heterocycles. The lowest BCUT2D eigenvalue weighted by Crippen LogP contribution is -2.54. The Kier molecular flexibility index (Phi) is 6.19. The Hall–Kier alpha value is -3.12. The number of nitrogens with two attached hydrogens (primary N) is 1. The Balaban J connectivity index is 1.58.